The summed E-state index contributed by atoms with van der Waals surface area (Å²) in [5.41, 5.74) is 0. The first-order chi connectivity index (χ1) is 3.89. The number of aromatic nitrogens is 3. The van der Waals surface area contributed by atoms with Gasteiger partial charge in [-0.05, 0) is 12.7 Å². The number of rotatable bonds is 0. The molecule has 5 nitrogen and oxygen atoms in total. The molecule has 0 amide bonds. The quantitative estimate of drug-likeness (QED) is 0.375. The normalized spacial score (nSPS) is 7.12. The first-order valence-electron chi connectivity index (χ1n) is 1.56. The molecule has 1 rings (SSSR count). The molecule has 0 aromatic carbocycles. The van der Waals surface area contributed by atoms with Gasteiger partial charge in [0.15, 0.2) is 0 Å². The van der Waals surface area contributed by atoms with Crippen molar-refractivity contribution >= 4 is 0 Å². The molecule has 1 heterocycles. The molecule has 0 aliphatic rings. The molecule has 0 bridgehead atoms. The summed E-state index contributed by atoms with van der Waals surface area (Å²) in [6.07, 6.45) is 3.69. The summed E-state index contributed by atoms with van der Waals surface area (Å²) in [4.78, 5) is 0. The predicted molar refractivity (Wildman–Crippen MR) is 19.7 cm³/mol. The second-order valence-electron chi connectivity index (χ2n) is 0.838. The molecule has 0 saturated carbocycles. The average Bonchev–Trinajstić information content (AvgIpc) is 2.24. The predicted octanol–water partition coefficient (Wildman–Crippen LogP) is -1.33. The third-order valence-electron chi connectivity index (χ3n) is 0.394. The third-order valence-corrected chi connectivity index (χ3v) is 0.394. The van der Waals surface area contributed by atoms with Crippen molar-refractivity contribution in [1.29, 1.82) is 0 Å². The standard InChI is InChI=1S/C2H3N4.Co.O/c3-6-1-4-5-2-6;;/h1H,3H2;;/q-1;;. The molecule has 1 aromatic heterocycles. The number of nitrogens with zero attached hydrogens (tertiary/aromatic N) is 3. The summed E-state index contributed by atoms with van der Waals surface area (Å²) in [6.45, 7) is 0. The van der Waals surface area contributed by atoms with Crippen molar-refractivity contribution in [3.8, 4) is 0 Å². The van der Waals surface area contributed by atoms with Gasteiger partial charge < -0.3 is 10.5 Å². The van der Waals surface area contributed by atoms with Crippen molar-refractivity contribution in [2.75, 3.05) is 5.84 Å². The van der Waals surface area contributed by atoms with Crippen molar-refractivity contribution in [3.63, 3.8) is 0 Å². The van der Waals surface area contributed by atoms with Gasteiger partial charge in [0.25, 0.3) is 0 Å². The minimum absolute atomic E-state index is 1.15. The molecule has 0 unspecified atom stereocenters. The minimum atomic E-state index is 1.15. The van der Waals surface area contributed by atoms with Crippen LogP contribution in [0.5, 0.6) is 0 Å². The summed E-state index contributed by atoms with van der Waals surface area (Å²) in [7, 11) is 0. The van der Waals surface area contributed by atoms with E-state index in [1.54, 1.807) is 0 Å². The van der Waals surface area contributed by atoms with Crippen LogP contribution in [0.2, 0.25) is 0 Å². The van der Waals surface area contributed by atoms with Gasteiger partial charge in [-0.25, -0.2) is 0 Å². The number of nitrogens with two attached hydrogens (primary N) is 1. The van der Waals surface area contributed by atoms with Crippen LogP contribution in [-0.4, -0.2) is 14.9 Å². The molecule has 0 radical (unpaired) electrons. The Bertz CT molecular complexity index is 129. The summed E-state index contributed by atoms with van der Waals surface area (Å²) in [5.74, 6) is 5.01. The molecular weight excluding hydrogens is 155 g/mol. The SMILES string of the molecule is Nn1[c-]nnc1.[O]=[Co]. The fourth-order valence-corrected chi connectivity index (χ4v) is 0.185. The van der Waals surface area contributed by atoms with Crippen LogP contribution in [0.4, 0.5) is 0 Å². The number of hydrogen-bond acceptors (Lipinski definition) is 4. The van der Waals surface area contributed by atoms with Crippen LogP contribution < -0.4 is 5.84 Å². The zero-order chi connectivity index (χ0) is 6.41. The average molecular weight is 158 g/mol. The maximum atomic E-state index is 7.94. The van der Waals surface area contributed by atoms with Crippen molar-refractivity contribution in [2.24, 2.45) is 0 Å². The van der Waals surface area contributed by atoms with Crippen molar-refractivity contribution in [2.45, 2.75) is 0 Å². The Kier molecular flexibility index (Phi) is 3.99. The van der Waals surface area contributed by atoms with Gasteiger partial charge in [0, 0.05) is 0 Å². The summed E-state index contributed by atoms with van der Waals surface area (Å²) in [5, 5.41) is 6.64. The molecule has 0 fully saturated rings. The molecule has 6 heteroatoms. The zero-order valence-electron chi connectivity index (χ0n) is 3.74. The topological polar surface area (TPSA) is 73.8 Å². The molecule has 0 aliphatic heterocycles. The van der Waals surface area contributed by atoms with Crippen LogP contribution in [0.25, 0.3) is 0 Å². The van der Waals surface area contributed by atoms with Gasteiger partial charge in [-0.15, -0.1) is 0 Å². The fraction of sp³-hybridized carbons (Fsp3) is 0. The number of hydrogen-bond donors (Lipinski definition) is 1. The van der Waals surface area contributed by atoms with E-state index < -0.39 is 0 Å². The molecule has 0 atom stereocenters. The molecule has 0 saturated heterocycles. The van der Waals surface area contributed by atoms with Crippen molar-refractivity contribution < 1.29 is 19.5 Å². The number of nitrogen functional groups attached to an aromatic ring is 1. The second-order valence-corrected chi connectivity index (χ2v) is 0.838. The van der Waals surface area contributed by atoms with Crippen LogP contribution in [0.3, 0.4) is 0 Å². The van der Waals surface area contributed by atoms with E-state index in [0.29, 0.717) is 0 Å². The van der Waals surface area contributed by atoms with Gasteiger partial charge in [-0.2, -0.15) is 0 Å². The Morgan fingerprint density at radius 3 is 2.50 bits per heavy atom. The van der Waals surface area contributed by atoms with Crippen LogP contribution in [-0.2, 0) is 19.5 Å². The Balaban J connectivity index is 0.000000222. The Labute approximate surface area is 53.6 Å². The van der Waals surface area contributed by atoms with Gasteiger partial charge >= 0.3 is 19.5 Å². The molecule has 1 aromatic rings. The summed E-state index contributed by atoms with van der Waals surface area (Å²) in [6, 6.07) is 0. The van der Waals surface area contributed by atoms with Crippen LogP contribution in [0, 0.1) is 6.33 Å². The van der Waals surface area contributed by atoms with Crippen molar-refractivity contribution in [1.82, 2.24) is 14.9 Å². The van der Waals surface area contributed by atoms with Crippen LogP contribution in [0.15, 0.2) is 6.33 Å². The zero-order valence-corrected chi connectivity index (χ0v) is 4.78. The molecule has 47 valence electrons. The van der Waals surface area contributed by atoms with Crippen molar-refractivity contribution in [3.05, 3.63) is 12.7 Å². The Morgan fingerprint density at radius 1 is 1.75 bits per heavy atom. The van der Waals surface area contributed by atoms with E-state index in [0.717, 1.165) is 4.68 Å². The first-order valence-corrected chi connectivity index (χ1v) is 1.98. The molecular formula is C2H3CoN4O-. The molecule has 0 spiro atoms. The van der Waals surface area contributed by atoms with Gasteiger partial charge in [0.05, 0.1) is 0 Å². The van der Waals surface area contributed by atoms with E-state index in [-0.39, 0.29) is 0 Å². The molecule has 8 heavy (non-hydrogen) atoms. The summed E-state index contributed by atoms with van der Waals surface area (Å²) >= 11 is 2.31. The van der Waals surface area contributed by atoms with Gasteiger partial charge in [-0.3, -0.25) is 10.2 Å². The fourth-order valence-electron chi connectivity index (χ4n) is 0.185. The van der Waals surface area contributed by atoms with E-state index >= 15 is 0 Å². The molecule has 0 aliphatic carbocycles. The molecule has 2 N–H and O–H groups in total. The Hall–Kier alpha value is -0.754. The van der Waals surface area contributed by atoms with E-state index in [9.17, 15) is 0 Å². The van der Waals surface area contributed by atoms with E-state index in [2.05, 4.69) is 32.2 Å². The van der Waals surface area contributed by atoms with Gasteiger partial charge in [0.2, 0.25) is 0 Å². The third kappa shape index (κ3) is 2.42. The maximum absolute atomic E-state index is 7.94. The van der Waals surface area contributed by atoms with Crippen LogP contribution in [0.1, 0.15) is 0 Å². The van der Waals surface area contributed by atoms with Crippen LogP contribution >= 0.6 is 0 Å². The van der Waals surface area contributed by atoms with Gasteiger partial charge in [-0.1, -0.05) is 0 Å². The van der Waals surface area contributed by atoms with E-state index in [1.165, 1.54) is 6.33 Å². The first kappa shape index (κ1) is 7.25. The van der Waals surface area contributed by atoms with E-state index in [1.807, 2.05) is 0 Å². The second kappa shape index (κ2) is 4.41. The summed E-state index contributed by atoms with van der Waals surface area (Å²) < 4.78 is 9.09. The Morgan fingerprint density at radius 2 is 2.38 bits per heavy atom. The van der Waals surface area contributed by atoms with Gasteiger partial charge in [0.1, 0.15) is 0 Å². The van der Waals surface area contributed by atoms with E-state index in [4.69, 9.17) is 9.71 Å². The monoisotopic (exact) mass is 158 g/mol.